The van der Waals surface area contributed by atoms with Crippen molar-refractivity contribution < 1.29 is 18.0 Å². The predicted octanol–water partition coefficient (Wildman–Crippen LogP) is 2.65. The molecule has 0 aliphatic heterocycles. The van der Waals surface area contributed by atoms with Crippen molar-refractivity contribution in [3.05, 3.63) is 59.7 Å². The number of anilines is 1. The van der Waals surface area contributed by atoms with Crippen LogP contribution in [0.4, 0.5) is 5.69 Å². The highest BCUT2D eigenvalue weighted by atomic mass is 32.2. The minimum absolute atomic E-state index is 0.131. The van der Waals surface area contributed by atoms with Crippen LogP contribution < -0.4 is 10.6 Å². The molecule has 0 unspecified atom stereocenters. The van der Waals surface area contributed by atoms with E-state index in [-0.39, 0.29) is 22.9 Å². The number of aryl methyl sites for hydroxylation is 1. The van der Waals surface area contributed by atoms with Crippen LogP contribution in [0.25, 0.3) is 0 Å². The molecule has 2 amide bonds. The fourth-order valence-corrected chi connectivity index (χ4v) is 4.24. The van der Waals surface area contributed by atoms with Crippen LogP contribution in [0.5, 0.6) is 0 Å². The molecule has 0 aromatic heterocycles. The standard InChI is InChI=1S/C21H27N3O4S/c1-4-16-7-11-18(12-8-16)23-20(25)15-22-21(26)17-9-13-19(14-10-17)29(27,28)24(5-2)6-3/h7-14H,4-6,15H2,1-3H3,(H,22,26)(H,23,25). The fraction of sp³-hybridized carbons (Fsp3) is 0.333. The Morgan fingerprint density at radius 2 is 1.48 bits per heavy atom. The van der Waals surface area contributed by atoms with Crippen molar-refractivity contribution in [3.63, 3.8) is 0 Å². The Morgan fingerprint density at radius 1 is 0.897 bits per heavy atom. The first-order valence-corrected chi connectivity index (χ1v) is 11.0. The number of nitrogens with zero attached hydrogens (tertiary/aromatic N) is 1. The van der Waals surface area contributed by atoms with Crippen LogP contribution in [0, 0.1) is 0 Å². The molecule has 8 heteroatoms. The van der Waals surface area contributed by atoms with Crippen LogP contribution in [-0.2, 0) is 21.2 Å². The van der Waals surface area contributed by atoms with Gasteiger partial charge in [0.05, 0.1) is 11.4 Å². The van der Waals surface area contributed by atoms with E-state index >= 15 is 0 Å². The quantitative estimate of drug-likeness (QED) is 0.656. The summed E-state index contributed by atoms with van der Waals surface area (Å²) in [4.78, 5) is 24.4. The fourth-order valence-electron chi connectivity index (χ4n) is 2.78. The second kappa shape index (κ2) is 10.2. The van der Waals surface area contributed by atoms with E-state index in [1.165, 1.54) is 34.1 Å². The lowest BCUT2D eigenvalue weighted by Crippen LogP contribution is -2.33. The van der Waals surface area contributed by atoms with Gasteiger partial charge in [-0.25, -0.2) is 8.42 Å². The Kier molecular flexibility index (Phi) is 7.92. The number of carbonyl (C=O) groups excluding carboxylic acids is 2. The van der Waals surface area contributed by atoms with Gasteiger partial charge in [-0.05, 0) is 48.4 Å². The molecule has 0 aliphatic carbocycles. The smallest absolute Gasteiger partial charge is 0.251 e. The van der Waals surface area contributed by atoms with Gasteiger partial charge in [-0.1, -0.05) is 32.9 Å². The Labute approximate surface area is 172 Å². The molecule has 0 saturated heterocycles. The van der Waals surface area contributed by atoms with E-state index in [1.54, 1.807) is 13.8 Å². The predicted molar refractivity (Wildman–Crippen MR) is 113 cm³/mol. The zero-order valence-electron chi connectivity index (χ0n) is 16.9. The molecule has 156 valence electrons. The summed E-state index contributed by atoms with van der Waals surface area (Å²) in [6.07, 6.45) is 0.916. The van der Waals surface area contributed by atoms with Gasteiger partial charge in [-0.15, -0.1) is 0 Å². The largest absolute Gasteiger partial charge is 0.343 e. The molecule has 2 rings (SSSR count). The second-order valence-corrected chi connectivity index (χ2v) is 8.33. The van der Waals surface area contributed by atoms with Gasteiger partial charge < -0.3 is 10.6 Å². The van der Waals surface area contributed by atoms with Crippen molar-refractivity contribution in [2.75, 3.05) is 25.0 Å². The van der Waals surface area contributed by atoms with Crippen molar-refractivity contribution >= 4 is 27.5 Å². The van der Waals surface area contributed by atoms with Crippen LogP contribution in [0.3, 0.4) is 0 Å². The van der Waals surface area contributed by atoms with E-state index in [2.05, 4.69) is 17.6 Å². The maximum absolute atomic E-state index is 12.5. The third-order valence-corrected chi connectivity index (χ3v) is 6.58. The molecule has 0 saturated carbocycles. The molecule has 2 N–H and O–H groups in total. The maximum atomic E-state index is 12.5. The highest BCUT2D eigenvalue weighted by Crippen LogP contribution is 2.16. The molecule has 0 atom stereocenters. The van der Waals surface area contributed by atoms with Gasteiger partial charge in [0, 0.05) is 24.3 Å². The number of rotatable bonds is 9. The molecule has 0 bridgehead atoms. The number of hydrogen-bond acceptors (Lipinski definition) is 4. The summed E-state index contributed by atoms with van der Waals surface area (Å²) in [6.45, 7) is 6.15. The average Bonchev–Trinajstić information content (AvgIpc) is 2.73. The maximum Gasteiger partial charge on any atom is 0.251 e. The van der Waals surface area contributed by atoms with Gasteiger partial charge >= 0.3 is 0 Å². The normalized spacial score (nSPS) is 11.3. The molecule has 0 spiro atoms. The first-order chi connectivity index (χ1) is 13.8. The van der Waals surface area contributed by atoms with Gasteiger partial charge in [0.1, 0.15) is 0 Å². The zero-order chi connectivity index (χ0) is 21.4. The highest BCUT2D eigenvalue weighted by Gasteiger charge is 2.21. The molecule has 0 aliphatic rings. The topological polar surface area (TPSA) is 95.6 Å². The van der Waals surface area contributed by atoms with E-state index in [0.717, 1.165) is 6.42 Å². The zero-order valence-corrected chi connectivity index (χ0v) is 17.8. The van der Waals surface area contributed by atoms with Crippen molar-refractivity contribution in [1.82, 2.24) is 9.62 Å². The van der Waals surface area contributed by atoms with Crippen LogP contribution in [0.2, 0.25) is 0 Å². The number of amides is 2. The number of benzene rings is 2. The van der Waals surface area contributed by atoms with Crippen molar-refractivity contribution in [2.24, 2.45) is 0 Å². The summed E-state index contributed by atoms with van der Waals surface area (Å²) >= 11 is 0. The molecular weight excluding hydrogens is 390 g/mol. The highest BCUT2D eigenvalue weighted by molar-refractivity contribution is 7.89. The Morgan fingerprint density at radius 3 is 2.00 bits per heavy atom. The molecule has 0 fully saturated rings. The third-order valence-electron chi connectivity index (χ3n) is 4.52. The van der Waals surface area contributed by atoms with Gasteiger partial charge in [-0.2, -0.15) is 4.31 Å². The lowest BCUT2D eigenvalue weighted by molar-refractivity contribution is -0.115. The lowest BCUT2D eigenvalue weighted by atomic mass is 10.1. The molecule has 29 heavy (non-hydrogen) atoms. The van der Waals surface area contributed by atoms with E-state index < -0.39 is 15.9 Å². The van der Waals surface area contributed by atoms with Gasteiger partial charge in [0.15, 0.2) is 0 Å². The van der Waals surface area contributed by atoms with Crippen molar-refractivity contribution in [1.29, 1.82) is 0 Å². The summed E-state index contributed by atoms with van der Waals surface area (Å²) < 4.78 is 26.3. The average molecular weight is 418 g/mol. The van der Waals surface area contributed by atoms with Crippen LogP contribution >= 0.6 is 0 Å². The summed E-state index contributed by atoms with van der Waals surface area (Å²) in [5, 5.41) is 5.25. The first kappa shape index (κ1) is 22.6. The van der Waals surface area contributed by atoms with Gasteiger partial charge in [-0.3, -0.25) is 9.59 Å². The van der Waals surface area contributed by atoms with E-state index in [9.17, 15) is 18.0 Å². The SMILES string of the molecule is CCc1ccc(NC(=O)CNC(=O)c2ccc(S(=O)(=O)N(CC)CC)cc2)cc1. The Hall–Kier alpha value is -2.71. The van der Waals surface area contributed by atoms with E-state index in [4.69, 9.17) is 0 Å². The number of carbonyl (C=O) groups is 2. The van der Waals surface area contributed by atoms with Crippen LogP contribution in [0.1, 0.15) is 36.7 Å². The minimum Gasteiger partial charge on any atom is -0.343 e. The molecule has 2 aromatic carbocycles. The molecular formula is C21H27N3O4S. The van der Waals surface area contributed by atoms with Gasteiger partial charge in [0.2, 0.25) is 15.9 Å². The Balaban J connectivity index is 1.94. The van der Waals surface area contributed by atoms with E-state index in [1.807, 2.05) is 24.3 Å². The lowest BCUT2D eigenvalue weighted by Gasteiger charge is -2.18. The minimum atomic E-state index is -3.57. The molecule has 2 aromatic rings. The number of hydrogen-bond donors (Lipinski definition) is 2. The van der Waals surface area contributed by atoms with Crippen LogP contribution in [0.15, 0.2) is 53.4 Å². The monoisotopic (exact) mass is 417 g/mol. The third kappa shape index (κ3) is 5.88. The molecule has 7 nitrogen and oxygen atoms in total. The summed E-state index contributed by atoms with van der Waals surface area (Å²) in [5.41, 5.74) is 2.11. The second-order valence-electron chi connectivity index (χ2n) is 6.40. The summed E-state index contributed by atoms with van der Waals surface area (Å²) in [5.74, 6) is -0.795. The molecule has 0 radical (unpaired) electrons. The van der Waals surface area contributed by atoms with Crippen LogP contribution in [-0.4, -0.2) is 44.2 Å². The number of sulfonamides is 1. The Bertz CT molecular complexity index is 935. The summed E-state index contributed by atoms with van der Waals surface area (Å²) in [6, 6.07) is 13.2. The number of nitrogens with one attached hydrogen (secondary N) is 2. The van der Waals surface area contributed by atoms with Crippen molar-refractivity contribution in [3.8, 4) is 0 Å². The first-order valence-electron chi connectivity index (χ1n) is 9.59. The van der Waals surface area contributed by atoms with Gasteiger partial charge in [0.25, 0.3) is 5.91 Å². The van der Waals surface area contributed by atoms with Crippen molar-refractivity contribution in [2.45, 2.75) is 32.1 Å². The summed E-state index contributed by atoms with van der Waals surface area (Å²) in [7, 11) is -3.57. The molecule has 0 heterocycles. The van der Waals surface area contributed by atoms with E-state index in [0.29, 0.717) is 18.8 Å².